The van der Waals surface area contributed by atoms with E-state index in [1.807, 2.05) is 31.2 Å². The highest BCUT2D eigenvalue weighted by Crippen LogP contribution is 2.18. The second-order valence-electron chi connectivity index (χ2n) is 5.93. The topological polar surface area (TPSA) is 69.3 Å². The van der Waals surface area contributed by atoms with Crippen molar-refractivity contribution in [3.63, 3.8) is 0 Å². The van der Waals surface area contributed by atoms with Crippen molar-refractivity contribution in [1.29, 1.82) is 0 Å². The summed E-state index contributed by atoms with van der Waals surface area (Å²) in [4.78, 5) is 12.3. The molecule has 8 heteroatoms. The Kier molecular flexibility index (Phi) is 5.66. The van der Waals surface area contributed by atoms with E-state index < -0.39 is 0 Å². The maximum absolute atomic E-state index is 13.6. The van der Waals surface area contributed by atoms with Gasteiger partial charge in [0.2, 0.25) is 5.91 Å². The van der Waals surface area contributed by atoms with E-state index in [4.69, 9.17) is 21.4 Å². The van der Waals surface area contributed by atoms with Gasteiger partial charge in [-0.3, -0.25) is 4.79 Å². The summed E-state index contributed by atoms with van der Waals surface area (Å²) in [5.74, 6) is 0.200. The summed E-state index contributed by atoms with van der Waals surface area (Å²) in [5.41, 5.74) is 1.75. The molecule has 1 N–H and O–H groups in total. The van der Waals surface area contributed by atoms with Crippen LogP contribution in [0.2, 0.25) is 0 Å². The van der Waals surface area contributed by atoms with Crippen molar-refractivity contribution in [1.82, 2.24) is 9.78 Å². The van der Waals surface area contributed by atoms with E-state index in [1.54, 1.807) is 13.0 Å². The number of aromatic nitrogens is 2. The van der Waals surface area contributed by atoms with Crippen molar-refractivity contribution in [3.05, 3.63) is 70.1 Å². The van der Waals surface area contributed by atoms with E-state index >= 15 is 0 Å². The van der Waals surface area contributed by atoms with Crippen molar-refractivity contribution in [2.24, 2.45) is 0 Å². The molecular weight excluding hydrogens is 369 g/mol. The molecule has 0 saturated heterocycles. The zero-order chi connectivity index (χ0) is 19.4. The van der Waals surface area contributed by atoms with E-state index in [-0.39, 0.29) is 35.6 Å². The Hall–Kier alpha value is -3.00. The van der Waals surface area contributed by atoms with Gasteiger partial charge in [-0.15, -0.1) is 5.10 Å². The molecule has 6 nitrogen and oxygen atoms in total. The molecule has 0 bridgehead atoms. The van der Waals surface area contributed by atoms with Crippen LogP contribution in [0, 0.1) is 24.5 Å². The number of benzene rings is 2. The van der Waals surface area contributed by atoms with E-state index in [0.29, 0.717) is 17.0 Å². The first-order valence-electron chi connectivity index (χ1n) is 8.24. The summed E-state index contributed by atoms with van der Waals surface area (Å²) < 4.78 is 25.9. The molecule has 1 amide bonds. The molecule has 0 aliphatic heterocycles. The van der Waals surface area contributed by atoms with Crippen LogP contribution in [0.3, 0.4) is 0 Å². The summed E-state index contributed by atoms with van der Waals surface area (Å²) in [7, 11) is 0. The Morgan fingerprint density at radius 2 is 2.04 bits per heavy atom. The van der Waals surface area contributed by atoms with Crippen LogP contribution in [0.5, 0.6) is 5.75 Å². The Bertz CT molecular complexity index is 1030. The highest BCUT2D eigenvalue weighted by molar-refractivity contribution is 7.71. The van der Waals surface area contributed by atoms with Crippen LogP contribution in [0.15, 0.2) is 46.9 Å². The molecule has 0 atom stereocenters. The van der Waals surface area contributed by atoms with Crippen molar-refractivity contribution in [3.8, 4) is 5.75 Å². The molecule has 0 fully saturated rings. The van der Waals surface area contributed by atoms with Crippen LogP contribution < -0.4 is 10.1 Å². The molecule has 0 saturated carbocycles. The highest BCUT2D eigenvalue weighted by Gasteiger charge is 2.12. The van der Waals surface area contributed by atoms with Crippen LogP contribution in [-0.4, -0.2) is 15.7 Å². The number of carbonyl (C=O) groups excluding carboxylic acids is 1. The third-order valence-corrected chi connectivity index (χ3v) is 4.22. The minimum absolute atomic E-state index is 0.0597. The Balaban J connectivity index is 1.64. The Labute approximate surface area is 160 Å². The average Bonchev–Trinajstić information content (AvgIpc) is 2.98. The lowest BCUT2D eigenvalue weighted by Gasteiger charge is -2.08. The summed E-state index contributed by atoms with van der Waals surface area (Å²) in [6.45, 7) is 3.46. The number of hydrogen-bond acceptors (Lipinski definition) is 5. The maximum Gasteiger partial charge on any atom is 0.287 e. The molecule has 2 aromatic carbocycles. The number of aryl methyl sites for hydroxylation is 1. The quantitative estimate of drug-likeness (QED) is 0.643. The minimum atomic E-state index is -0.389. The first-order valence-corrected chi connectivity index (χ1v) is 8.65. The number of amides is 1. The molecule has 0 spiro atoms. The predicted octanol–water partition coefficient (Wildman–Crippen LogP) is 4.18. The predicted molar refractivity (Wildman–Crippen MR) is 101 cm³/mol. The standard InChI is InChI=1S/C19H18FN3O3S/c1-12-6-3-4-9-16(12)25-11-18-22-23(19(27)26-18)10-17(24)21-15-8-5-7-14(20)13(15)2/h3-9H,10-11H2,1-2H3,(H,21,24). The van der Waals surface area contributed by atoms with Crippen molar-refractivity contribution in [2.45, 2.75) is 27.0 Å². The normalized spacial score (nSPS) is 10.6. The second-order valence-corrected chi connectivity index (χ2v) is 6.28. The Morgan fingerprint density at radius 3 is 2.81 bits per heavy atom. The number of nitrogens with one attached hydrogen (secondary N) is 1. The number of rotatable bonds is 6. The molecular formula is C19H18FN3O3S. The van der Waals surface area contributed by atoms with Crippen LogP contribution in [0.1, 0.15) is 17.0 Å². The van der Waals surface area contributed by atoms with Crippen LogP contribution in [-0.2, 0) is 17.9 Å². The van der Waals surface area contributed by atoms with Crippen molar-refractivity contribution >= 4 is 23.8 Å². The van der Waals surface area contributed by atoms with E-state index in [1.165, 1.54) is 16.8 Å². The van der Waals surface area contributed by atoms with Gasteiger partial charge < -0.3 is 14.5 Å². The highest BCUT2D eigenvalue weighted by atomic mass is 32.1. The van der Waals surface area contributed by atoms with Crippen LogP contribution in [0.25, 0.3) is 0 Å². The molecule has 1 heterocycles. The fourth-order valence-corrected chi connectivity index (χ4v) is 2.64. The lowest BCUT2D eigenvalue weighted by Crippen LogP contribution is -2.20. The van der Waals surface area contributed by atoms with Crippen LogP contribution >= 0.6 is 12.2 Å². The number of hydrogen-bond donors (Lipinski definition) is 1. The second kappa shape index (κ2) is 8.13. The van der Waals surface area contributed by atoms with Gasteiger partial charge in [0.1, 0.15) is 18.1 Å². The van der Waals surface area contributed by atoms with E-state index in [2.05, 4.69) is 10.4 Å². The van der Waals surface area contributed by atoms with Gasteiger partial charge in [-0.1, -0.05) is 24.3 Å². The van der Waals surface area contributed by atoms with Gasteiger partial charge >= 0.3 is 0 Å². The maximum atomic E-state index is 13.6. The summed E-state index contributed by atoms with van der Waals surface area (Å²) >= 11 is 5.10. The molecule has 0 unspecified atom stereocenters. The van der Waals surface area contributed by atoms with E-state index in [9.17, 15) is 9.18 Å². The minimum Gasteiger partial charge on any atom is -0.484 e. The monoisotopic (exact) mass is 387 g/mol. The van der Waals surface area contributed by atoms with Gasteiger partial charge in [0.15, 0.2) is 6.61 Å². The van der Waals surface area contributed by atoms with Crippen LogP contribution in [0.4, 0.5) is 10.1 Å². The average molecular weight is 387 g/mol. The first-order chi connectivity index (χ1) is 12.9. The SMILES string of the molecule is Cc1ccccc1OCc1nn(CC(=O)Nc2cccc(F)c2C)c(=S)o1. The molecule has 0 radical (unpaired) electrons. The van der Waals surface area contributed by atoms with Gasteiger partial charge in [0, 0.05) is 11.3 Å². The third kappa shape index (κ3) is 4.59. The summed E-state index contributed by atoms with van der Waals surface area (Å²) in [5, 5.41) is 6.80. The number of nitrogens with zero attached hydrogens (tertiary/aromatic N) is 2. The summed E-state index contributed by atoms with van der Waals surface area (Å²) in [6.07, 6.45) is 0. The van der Waals surface area contributed by atoms with Gasteiger partial charge in [0.25, 0.3) is 10.7 Å². The number of para-hydroxylation sites is 1. The van der Waals surface area contributed by atoms with Gasteiger partial charge in [-0.2, -0.15) is 0 Å². The molecule has 0 aliphatic carbocycles. The van der Waals surface area contributed by atoms with Gasteiger partial charge in [-0.25, -0.2) is 9.07 Å². The van der Waals surface area contributed by atoms with E-state index in [0.717, 1.165) is 5.56 Å². The van der Waals surface area contributed by atoms with Gasteiger partial charge in [-0.05, 0) is 49.8 Å². The lowest BCUT2D eigenvalue weighted by atomic mass is 10.2. The fraction of sp³-hybridized carbons (Fsp3) is 0.211. The largest absolute Gasteiger partial charge is 0.484 e. The molecule has 3 rings (SSSR count). The smallest absolute Gasteiger partial charge is 0.287 e. The molecule has 0 aliphatic rings. The lowest BCUT2D eigenvalue weighted by molar-refractivity contribution is -0.117. The number of anilines is 1. The third-order valence-electron chi connectivity index (χ3n) is 3.93. The molecule has 27 heavy (non-hydrogen) atoms. The van der Waals surface area contributed by atoms with Crippen molar-refractivity contribution < 1.29 is 18.3 Å². The number of halogens is 1. The first kappa shape index (κ1) is 18.8. The zero-order valence-corrected chi connectivity index (χ0v) is 15.7. The molecule has 1 aromatic heterocycles. The Morgan fingerprint density at radius 1 is 1.26 bits per heavy atom. The summed E-state index contributed by atoms with van der Waals surface area (Å²) in [6, 6.07) is 12.1. The number of carbonyl (C=O) groups is 1. The number of ether oxygens (including phenoxy) is 1. The zero-order valence-electron chi connectivity index (χ0n) is 14.9. The molecule has 140 valence electrons. The fourth-order valence-electron chi connectivity index (χ4n) is 2.43. The van der Waals surface area contributed by atoms with Crippen molar-refractivity contribution in [2.75, 3.05) is 5.32 Å². The molecule has 3 aromatic rings. The van der Waals surface area contributed by atoms with Gasteiger partial charge in [0.05, 0.1) is 0 Å².